The van der Waals surface area contributed by atoms with Crippen molar-refractivity contribution in [3.8, 4) is 17.0 Å². The predicted octanol–water partition coefficient (Wildman–Crippen LogP) is 4.44. The van der Waals surface area contributed by atoms with Crippen LogP contribution in [0.4, 0.5) is 21.8 Å². The minimum atomic E-state index is -3.84. The third kappa shape index (κ3) is 4.77. The Balaban J connectivity index is 1.53. The predicted molar refractivity (Wildman–Crippen MR) is 120 cm³/mol. The van der Waals surface area contributed by atoms with Crippen molar-refractivity contribution in [3.63, 3.8) is 0 Å². The van der Waals surface area contributed by atoms with Gasteiger partial charge in [-0.25, -0.2) is 22.8 Å². The van der Waals surface area contributed by atoms with Crippen LogP contribution in [-0.2, 0) is 10.0 Å². The van der Waals surface area contributed by atoms with Gasteiger partial charge in [-0.3, -0.25) is 4.72 Å². The van der Waals surface area contributed by atoms with E-state index in [2.05, 4.69) is 25.2 Å². The highest BCUT2D eigenvalue weighted by Gasteiger charge is 2.19. The van der Waals surface area contributed by atoms with Crippen LogP contribution in [0.1, 0.15) is 11.3 Å². The van der Waals surface area contributed by atoms with Crippen molar-refractivity contribution >= 4 is 27.5 Å². The van der Waals surface area contributed by atoms with E-state index in [1.165, 1.54) is 31.4 Å². The van der Waals surface area contributed by atoms with Gasteiger partial charge in [-0.05, 0) is 56.3 Å². The van der Waals surface area contributed by atoms with Crippen LogP contribution in [0, 0.1) is 19.7 Å². The molecule has 0 radical (unpaired) electrons. The molecule has 0 aliphatic heterocycles. The lowest BCUT2D eigenvalue weighted by Crippen LogP contribution is -2.14. The maximum Gasteiger partial charge on any atom is 0.263 e. The van der Waals surface area contributed by atoms with E-state index in [9.17, 15) is 12.8 Å². The van der Waals surface area contributed by atoms with Crippen LogP contribution in [0.2, 0.25) is 0 Å². The number of nitrogens with zero attached hydrogens (tertiary/aromatic N) is 3. The van der Waals surface area contributed by atoms with Gasteiger partial charge in [0.2, 0.25) is 5.95 Å². The Kier molecular flexibility index (Phi) is 5.97. The van der Waals surface area contributed by atoms with Crippen molar-refractivity contribution in [1.82, 2.24) is 15.1 Å². The van der Waals surface area contributed by atoms with Crippen molar-refractivity contribution in [2.24, 2.45) is 0 Å². The first-order valence-electron chi connectivity index (χ1n) is 9.76. The summed E-state index contributed by atoms with van der Waals surface area (Å²) in [5, 5.41) is 6.75. The van der Waals surface area contributed by atoms with Crippen molar-refractivity contribution in [2.45, 2.75) is 18.7 Å². The first kappa shape index (κ1) is 22.2. The molecule has 2 heterocycles. The van der Waals surface area contributed by atoms with Gasteiger partial charge in [0.15, 0.2) is 5.82 Å². The molecule has 0 saturated heterocycles. The largest absolute Gasteiger partial charge is 0.496 e. The maximum absolute atomic E-state index is 13.5. The molecule has 2 aromatic heterocycles. The summed E-state index contributed by atoms with van der Waals surface area (Å²) in [4.78, 5) is 8.68. The summed E-state index contributed by atoms with van der Waals surface area (Å²) >= 11 is 0. The highest BCUT2D eigenvalue weighted by molar-refractivity contribution is 7.92. The topological polar surface area (TPSA) is 119 Å². The SMILES string of the molecule is COc1cc(F)ccc1-c1ccnc(Nc2ccc(S(=O)(=O)Nc3noc(C)c3C)cc2)n1. The lowest BCUT2D eigenvalue weighted by Gasteiger charge is -2.10. The number of ether oxygens (including phenoxy) is 1. The van der Waals surface area contributed by atoms with Crippen molar-refractivity contribution in [3.05, 3.63) is 71.9 Å². The zero-order valence-electron chi connectivity index (χ0n) is 18.0. The second kappa shape index (κ2) is 8.87. The summed E-state index contributed by atoms with van der Waals surface area (Å²) in [5.74, 6) is 0.894. The minimum absolute atomic E-state index is 0.0545. The molecule has 0 amide bonds. The van der Waals surface area contributed by atoms with Gasteiger partial charge < -0.3 is 14.6 Å². The fraction of sp³-hybridized carbons (Fsp3) is 0.136. The summed E-state index contributed by atoms with van der Waals surface area (Å²) < 4.78 is 51.4. The summed E-state index contributed by atoms with van der Waals surface area (Å²) in [7, 11) is -2.39. The smallest absolute Gasteiger partial charge is 0.263 e. The van der Waals surface area contributed by atoms with Gasteiger partial charge in [-0.2, -0.15) is 0 Å². The second-order valence-electron chi connectivity index (χ2n) is 7.08. The zero-order chi connectivity index (χ0) is 23.6. The van der Waals surface area contributed by atoms with Gasteiger partial charge in [-0.15, -0.1) is 0 Å². The number of benzene rings is 2. The Hall–Kier alpha value is -3.99. The zero-order valence-corrected chi connectivity index (χ0v) is 18.8. The van der Waals surface area contributed by atoms with Crippen LogP contribution in [0.3, 0.4) is 0 Å². The number of methoxy groups -OCH3 is 1. The molecule has 0 atom stereocenters. The normalized spacial score (nSPS) is 11.3. The van der Waals surface area contributed by atoms with Gasteiger partial charge in [-0.1, -0.05) is 5.16 Å². The molecule has 2 N–H and O–H groups in total. The minimum Gasteiger partial charge on any atom is -0.496 e. The van der Waals surface area contributed by atoms with E-state index in [4.69, 9.17) is 9.26 Å². The fourth-order valence-electron chi connectivity index (χ4n) is 2.99. The highest BCUT2D eigenvalue weighted by atomic mass is 32.2. The van der Waals surface area contributed by atoms with Crippen LogP contribution in [-0.4, -0.2) is 30.7 Å². The summed E-state index contributed by atoms with van der Waals surface area (Å²) in [6.45, 7) is 3.41. The third-order valence-corrected chi connectivity index (χ3v) is 6.26. The van der Waals surface area contributed by atoms with Crippen molar-refractivity contribution < 1.29 is 22.1 Å². The second-order valence-corrected chi connectivity index (χ2v) is 8.76. The monoisotopic (exact) mass is 469 g/mol. The van der Waals surface area contributed by atoms with Gasteiger partial charge in [0, 0.05) is 29.1 Å². The third-order valence-electron chi connectivity index (χ3n) is 4.90. The van der Waals surface area contributed by atoms with E-state index in [1.54, 1.807) is 44.3 Å². The van der Waals surface area contributed by atoms with E-state index in [0.29, 0.717) is 34.0 Å². The molecule has 170 valence electrons. The van der Waals surface area contributed by atoms with E-state index >= 15 is 0 Å². The first-order valence-corrected chi connectivity index (χ1v) is 11.2. The van der Waals surface area contributed by atoms with Gasteiger partial charge in [0.1, 0.15) is 17.3 Å². The molecule has 0 saturated carbocycles. The molecule has 0 fully saturated rings. The Bertz CT molecular complexity index is 1400. The number of aryl methyl sites for hydroxylation is 1. The first-order chi connectivity index (χ1) is 15.8. The summed E-state index contributed by atoms with van der Waals surface area (Å²) in [6, 6.07) is 11.9. The number of aromatic nitrogens is 3. The molecule has 4 aromatic rings. The van der Waals surface area contributed by atoms with Crippen molar-refractivity contribution in [2.75, 3.05) is 17.1 Å². The molecule has 0 spiro atoms. The van der Waals surface area contributed by atoms with Crippen LogP contribution in [0.5, 0.6) is 5.75 Å². The van der Waals surface area contributed by atoms with E-state index in [0.717, 1.165) is 0 Å². The summed E-state index contributed by atoms with van der Waals surface area (Å²) in [6.07, 6.45) is 1.55. The van der Waals surface area contributed by atoms with Crippen LogP contribution < -0.4 is 14.8 Å². The Labute approximate surface area is 189 Å². The molecule has 0 bridgehead atoms. The maximum atomic E-state index is 13.5. The van der Waals surface area contributed by atoms with Gasteiger partial charge in [0.25, 0.3) is 10.0 Å². The average Bonchev–Trinajstić information content (AvgIpc) is 3.11. The molecule has 4 rings (SSSR count). The fourth-order valence-corrected chi connectivity index (χ4v) is 4.05. The molecule has 0 aliphatic carbocycles. The van der Waals surface area contributed by atoms with Crippen LogP contribution in [0.15, 0.2) is 64.1 Å². The lowest BCUT2D eigenvalue weighted by molar-refractivity contribution is 0.399. The Morgan fingerprint density at radius 3 is 2.48 bits per heavy atom. The van der Waals surface area contributed by atoms with E-state index in [-0.39, 0.29) is 16.7 Å². The number of hydrogen-bond acceptors (Lipinski definition) is 8. The molecule has 0 unspecified atom stereocenters. The van der Waals surface area contributed by atoms with E-state index < -0.39 is 15.8 Å². The highest BCUT2D eigenvalue weighted by Crippen LogP contribution is 2.30. The number of nitrogens with one attached hydrogen (secondary N) is 2. The van der Waals surface area contributed by atoms with Gasteiger partial charge in [0.05, 0.1) is 17.7 Å². The standard InChI is InChI=1S/C22H20FN5O4S/c1-13-14(2)32-27-21(13)28-33(29,30)17-7-5-16(6-8-17)25-22-24-11-10-19(26-22)18-9-4-15(23)12-20(18)31-3/h4-12H,1-3H3,(H,27,28)(H,24,25,26). The van der Waals surface area contributed by atoms with Crippen LogP contribution in [0.25, 0.3) is 11.3 Å². The van der Waals surface area contributed by atoms with Gasteiger partial charge >= 0.3 is 0 Å². The number of rotatable bonds is 7. The number of hydrogen-bond donors (Lipinski definition) is 2. The van der Waals surface area contributed by atoms with Crippen molar-refractivity contribution in [1.29, 1.82) is 0 Å². The average molecular weight is 469 g/mol. The van der Waals surface area contributed by atoms with E-state index in [1.807, 2.05) is 0 Å². The number of sulfonamides is 1. The quantitative estimate of drug-likeness (QED) is 0.408. The Morgan fingerprint density at radius 1 is 1.06 bits per heavy atom. The molecule has 33 heavy (non-hydrogen) atoms. The molecule has 2 aromatic carbocycles. The molecule has 0 aliphatic rings. The number of halogens is 1. The lowest BCUT2D eigenvalue weighted by atomic mass is 10.1. The molecular weight excluding hydrogens is 449 g/mol. The molecule has 11 heteroatoms. The summed E-state index contributed by atoms with van der Waals surface area (Å²) in [5.41, 5.74) is 2.33. The molecule has 9 nitrogen and oxygen atoms in total. The van der Waals surface area contributed by atoms with Crippen LogP contribution >= 0.6 is 0 Å². The number of anilines is 3. The Morgan fingerprint density at radius 2 is 1.82 bits per heavy atom. The molecular formula is C22H20FN5O4S.